The van der Waals surface area contributed by atoms with E-state index in [4.69, 9.17) is 32.9 Å². The van der Waals surface area contributed by atoms with Crippen molar-refractivity contribution in [1.29, 1.82) is 0 Å². The first-order valence-corrected chi connectivity index (χ1v) is 17.7. The molecule has 0 aliphatic heterocycles. The Kier molecular flexibility index (Phi) is 9.68. The first-order chi connectivity index (χ1) is 23.1. The lowest BCUT2D eigenvalue weighted by Gasteiger charge is -2.11. The average Bonchev–Trinajstić information content (AvgIpc) is 3.50. The SMILES string of the molecule is COC(=O)c1ccc(Cn2cc(-c3ccc(Cl)cc3Cl)nc2-c2ccc(-c3cccc(NCc4ccc(S(C)(=O)=O)cc4)c3)cc2)cc1. The number of hydrogen-bond acceptors (Lipinski definition) is 6. The van der Waals surface area contributed by atoms with Crippen LogP contribution in [-0.2, 0) is 27.7 Å². The summed E-state index contributed by atoms with van der Waals surface area (Å²) >= 11 is 12.7. The predicted octanol–water partition coefficient (Wildman–Crippen LogP) is 9.04. The molecule has 1 heterocycles. The van der Waals surface area contributed by atoms with Gasteiger partial charge in [0.05, 0.1) is 28.3 Å². The Bertz CT molecular complexity index is 2200. The van der Waals surface area contributed by atoms with E-state index in [1.54, 1.807) is 36.4 Å². The quantitative estimate of drug-likeness (QED) is 0.144. The topological polar surface area (TPSA) is 90.3 Å². The summed E-state index contributed by atoms with van der Waals surface area (Å²) in [6.45, 7) is 1.07. The largest absolute Gasteiger partial charge is 0.465 e. The number of sulfone groups is 1. The molecule has 0 atom stereocenters. The summed E-state index contributed by atoms with van der Waals surface area (Å²) in [7, 11) is -1.87. The van der Waals surface area contributed by atoms with E-state index in [0.29, 0.717) is 39.3 Å². The number of carbonyl (C=O) groups excluding carboxylic acids is 1. The molecule has 0 aliphatic carbocycles. The zero-order chi connectivity index (χ0) is 33.8. The van der Waals surface area contributed by atoms with Gasteiger partial charge >= 0.3 is 5.97 Å². The summed E-state index contributed by atoms with van der Waals surface area (Å²) < 4.78 is 30.4. The molecule has 6 aromatic rings. The first-order valence-electron chi connectivity index (χ1n) is 15.0. The smallest absolute Gasteiger partial charge is 0.337 e. The molecule has 10 heteroatoms. The molecule has 0 saturated heterocycles. The van der Waals surface area contributed by atoms with E-state index in [1.807, 2.05) is 60.8 Å². The molecule has 0 amide bonds. The van der Waals surface area contributed by atoms with Gasteiger partial charge in [-0.1, -0.05) is 83.9 Å². The highest BCUT2D eigenvalue weighted by Crippen LogP contribution is 2.33. The number of ether oxygens (including phenoxy) is 1. The molecular formula is C38H31Cl2N3O4S. The zero-order valence-electron chi connectivity index (χ0n) is 26.2. The van der Waals surface area contributed by atoms with Gasteiger partial charge in [0.15, 0.2) is 9.84 Å². The summed E-state index contributed by atoms with van der Waals surface area (Å²) in [6.07, 6.45) is 3.17. The molecule has 0 bridgehead atoms. The van der Waals surface area contributed by atoms with E-state index in [-0.39, 0.29) is 5.97 Å². The van der Waals surface area contributed by atoms with Crippen molar-refractivity contribution in [3.05, 3.63) is 148 Å². The molecule has 0 spiro atoms. The van der Waals surface area contributed by atoms with Crippen LogP contribution in [0, 0.1) is 0 Å². The highest BCUT2D eigenvalue weighted by molar-refractivity contribution is 7.90. The maximum absolute atomic E-state index is 11.9. The van der Waals surface area contributed by atoms with Crippen molar-refractivity contribution >= 4 is 44.7 Å². The minimum atomic E-state index is -3.23. The maximum atomic E-state index is 11.9. The molecule has 0 radical (unpaired) electrons. The number of hydrogen-bond donors (Lipinski definition) is 1. The number of benzene rings is 5. The van der Waals surface area contributed by atoms with Crippen LogP contribution in [0.2, 0.25) is 10.0 Å². The van der Waals surface area contributed by atoms with Crippen molar-refractivity contribution in [2.75, 3.05) is 18.7 Å². The molecule has 0 aliphatic rings. The van der Waals surface area contributed by atoms with Crippen molar-refractivity contribution in [3.8, 4) is 33.8 Å². The summed E-state index contributed by atoms with van der Waals surface area (Å²) in [5.41, 5.74) is 7.89. The Balaban J connectivity index is 1.25. The van der Waals surface area contributed by atoms with Gasteiger partial charge in [-0.05, 0) is 76.9 Å². The van der Waals surface area contributed by atoms with Gasteiger partial charge in [0.25, 0.3) is 0 Å². The Labute approximate surface area is 289 Å². The number of rotatable bonds is 10. The van der Waals surface area contributed by atoms with Crippen LogP contribution in [-0.4, -0.2) is 37.3 Å². The summed E-state index contributed by atoms with van der Waals surface area (Å²) in [4.78, 5) is 17.2. The lowest BCUT2D eigenvalue weighted by Crippen LogP contribution is -2.03. The van der Waals surface area contributed by atoms with Crippen molar-refractivity contribution < 1.29 is 17.9 Å². The molecule has 5 aromatic carbocycles. The lowest BCUT2D eigenvalue weighted by atomic mass is 10.0. The fraction of sp³-hybridized carbons (Fsp3) is 0.105. The molecule has 0 fully saturated rings. The summed E-state index contributed by atoms with van der Waals surface area (Å²) in [5.74, 6) is 0.379. The molecule has 242 valence electrons. The van der Waals surface area contributed by atoms with Crippen LogP contribution >= 0.6 is 23.2 Å². The van der Waals surface area contributed by atoms with E-state index in [1.165, 1.54) is 13.4 Å². The normalized spacial score (nSPS) is 11.3. The summed E-state index contributed by atoms with van der Waals surface area (Å²) in [6, 6.07) is 35.9. The lowest BCUT2D eigenvalue weighted by molar-refractivity contribution is 0.0600. The number of halogens is 2. The number of esters is 1. The Morgan fingerprint density at radius 1 is 0.812 bits per heavy atom. The fourth-order valence-corrected chi connectivity index (χ4v) is 6.47. The second-order valence-electron chi connectivity index (χ2n) is 11.3. The van der Waals surface area contributed by atoms with E-state index in [9.17, 15) is 13.2 Å². The summed E-state index contributed by atoms with van der Waals surface area (Å²) in [5, 5.41) is 4.49. The van der Waals surface area contributed by atoms with Gasteiger partial charge in [-0.3, -0.25) is 0 Å². The highest BCUT2D eigenvalue weighted by Gasteiger charge is 2.16. The molecule has 1 N–H and O–H groups in total. The Morgan fingerprint density at radius 2 is 1.50 bits per heavy atom. The van der Waals surface area contributed by atoms with Crippen LogP contribution in [0.1, 0.15) is 21.5 Å². The van der Waals surface area contributed by atoms with Gasteiger partial charge in [-0.2, -0.15) is 0 Å². The van der Waals surface area contributed by atoms with Gasteiger partial charge < -0.3 is 14.6 Å². The van der Waals surface area contributed by atoms with Gasteiger partial charge in [-0.25, -0.2) is 18.2 Å². The average molecular weight is 697 g/mol. The number of aromatic nitrogens is 2. The van der Waals surface area contributed by atoms with E-state index < -0.39 is 9.84 Å². The third kappa shape index (κ3) is 7.63. The molecule has 48 heavy (non-hydrogen) atoms. The van der Waals surface area contributed by atoms with Crippen LogP contribution < -0.4 is 5.32 Å². The third-order valence-corrected chi connectivity index (χ3v) is 9.57. The Morgan fingerprint density at radius 3 is 2.17 bits per heavy atom. The van der Waals surface area contributed by atoms with E-state index in [2.05, 4.69) is 34.1 Å². The standard InChI is InChI=1S/C38H31Cl2N3O4S/c1-47-38(44)29-10-6-26(7-11-29)23-43-24-36(34-19-16-31(39)21-35(34)40)42-37(43)28-14-12-27(13-15-28)30-4-3-5-32(20-30)41-22-25-8-17-33(18-9-25)48(2,45)46/h3-21,24,41H,22-23H2,1-2H3. The number of anilines is 1. The van der Waals surface area contributed by atoms with Crippen LogP contribution in [0.5, 0.6) is 0 Å². The molecule has 6 rings (SSSR count). The van der Waals surface area contributed by atoms with E-state index in [0.717, 1.165) is 44.9 Å². The zero-order valence-corrected chi connectivity index (χ0v) is 28.5. The van der Waals surface area contributed by atoms with Crippen molar-refractivity contribution in [3.63, 3.8) is 0 Å². The van der Waals surface area contributed by atoms with Crippen LogP contribution in [0.15, 0.2) is 126 Å². The number of imidazole rings is 1. The highest BCUT2D eigenvalue weighted by atomic mass is 35.5. The number of carbonyl (C=O) groups is 1. The van der Waals surface area contributed by atoms with Gasteiger partial charge in [0.2, 0.25) is 0 Å². The minimum Gasteiger partial charge on any atom is -0.465 e. The third-order valence-electron chi connectivity index (χ3n) is 7.90. The molecule has 1 aromatic heterocycles. The molecular weight excluding hydrogens is 665 g/mol. The second-order valence-corrected chi connectivity index (χ2v) is 14.2. The number of nitrogens with zero attached hydrogens (tertiary/aromatic N) is 2. The Hall–Kier alpha value is -4.89. The minimum absolute atomic E-state index is 0.304. The first kappa shape index (κ1) is 33.0. The van der Waals surface area contributed by atoms with Crippen molar-refractivity contribution in [2.45, 2.75) is 18.0 Å². The monoisotopic (exact) mass is 695 g/mol. The fourth-order valence-electron chi connectivity index (χ4n) is 5.33. The van der Waals surface area contributed by atoms with Gasteiger partial charge in [0, 0.05) is 47.4 Å². The second kappa shape index (κ2) is 14.1. The van der Waals surface area contributed by atoms with Crippen LogP contribution in [0.3, 0.4) is 0 Å². The van der Waals surface area contributed by atoms with Crippen LogP contribution in [0.25, 0.3) is 33.8 Å². The van der Waals surface area contributed by atoms with Crippen LogP contribution in [0.4, 0.5) is 5.69 Å². The van der Waals surface area contributed by atoms with E-state index >= 15 is 0 Å². The predicted molar refractivity (Wildman–Crippen MR) is 192 cm³/mol. The number of nitrogens with one attached hydrogen (secondary N) is 1. The van der Waals surface area contributed by atoms with Crippen molar-refractivity contribution in [2.24, 2.45) is 0 Å². The van der Waals surface area contributed by atoms with Gasteiger partial charge in [-0.15, -0.1) is 0 Å². The number of methoxy groups -OCH3 is 1. The molecule has 7 nitrogen and oxygen atoms in total. The molecule has 0 saturated carbocycles. The maximum Gasteiger partial charge on any atom is 0.337 e. The van der Waals surface area contributed by atoms with Gasteiger partial charge in [0.1, 0.15) is 5.82 Å². The molecule has 0 unspecified atom stereocenters. The van der Waals surface area contributed by atoms with Crippen molar-refractivity contribution in [1.82, 2.24) is 9.55 Å².